The van der Waals surface area contributed by atoms with Crippen LogP contribution in [0.1, 0.15) is 32.3 Å². The second kappa shape index (κ2) is 12.1. The van der Waals surface area contributed by atoms with E-state index in [0.717, 1.165) is 24.0 Å². The van der Waals surface area contributed by atoms with Crippen molar-refractivity contribution in [3.05, 3.63) is 53.8 Å². The van der Waals surface area contributed by atoms with E-state index in [-0.39, 0.29) is 25.1 Å². The monoisotopic (exact) mass is 512 g/mol. The van der Waals surface area contributed by atoms with Crippen LogP contribution in [0, 0.1) is 5.82 Å². The Morgan fingerprint density at radius 1 is 1.14 bits per heavy atom. The van der Waals surface area contributed by atoms with Crippen molar-refractivity contribution >= 4 is 23.8 Å². The number of cyclic esters (lactones) is 1. The molecule has 0 radical (unpaired) electrons. The molecule has 9 nitrogen and oxygen atoms in total. The van der Waals surface area contributed by atoms with Gasteiger partial charge in [-0.25, -0.2) is 14.0 Å². The Morgan fingerprint density at radius 3 is 2.51 bits per heavy atom. The highest BCUT2D eigenvalue weighted by Gasteiger charge is 2.32. The summed E-state index contributed by atoms with van der Waals surface area (Å²) in [4.78, 5) is 38.3. The van der Waals surface area contributed by atoms with Crippen LogP contribution in [0.4, 0.5) is 19.7 Å². The molecule has 2 aliphatic heterocycles. The Balaban J connectivity index is 1.30. The topological polar surface area (TPSA) is 100 Å². The van der Waals surface area contributed by atoms with Crippen LogP contribution in [-0.4, -0.2) is 67.9 Å². The average molecular weight is 513 g/mol. The third-order valence-corrected chi connectivity index (χ3v) is 6.60. The first-order chi connectivity index (χ1) is 17.8. The summed E-state index contributed by atoms with van der Waals surface area (Å²) < 4.78 is 25.3. The molecule has 2 N–H and O–H groups in total. The molecular weight excluding hydrogens is 479 g/mol. The smallest absolute Gasteiger partial charge is 0.414 e. The van der Waals surface area contributed by atoms with Crippen LogP contribution < -0.4 is 15.5 Å². The van der Waals surface area contributed by atoms with Crippen molar-refractivity contribution in [1.29, 1.82) is 0 Å². The number of carbonyl (C=O) groups is 3. The zero-order chi connectivity index (χ0) is 26.4. The van der Waals surface area contributed by atoms with Crippen molar-refractivity contribution in [3.63, 3.8) is 0 Å². The second-order valence-corrected chi connectivity index (χ2v) is 9.26. The van der Waals surface area contributed by atoms with Crippen molar-refractivity contribution in [2.24, 2.45) is 0 Å². The van der Waals surface area contributed by atoms with Crippen LogP contribution in [0.25, 0.3) is 11.1 Å². The van der Waals surface area contributed by atoms with Crippen LogP contribution in [0.15, 0.2) is 42.5 Å². The minimum absolute atomic E-state index is 0.206. The number of likely N-dealkylation sites (tertiary alicyclic amines) is 1. The number of hydrogen-bond acceptors (Lipinski definition) is 6. The molecule has 3 amide bonds. The fourth-order valence-electron chi connectivity index (χ4n) is 4.55. The molecule has 2 aromatic rings. The van der Waals surface area contributed by atoms with Crippen LogP contribution in [0.5, 0.6) is 0 Å². The SMILES string of the molecule is CCOC(=O)N1CCC(NCc2ccc(-c3ccc(N4C[C@H](CNC(C)=O)OC4=O)cc3F)cc2)CC1. The Kier molecular flexibility index (Phi) is 8.60. The molecule has 2 aliphatic rings. The molecule has 10 heteroatoms. The first kappa shape index (κ1) is 26.4. The Labute approximate surface area is 215 Å². The number of carbonyl (C=O) groups excluding carboxylic acids is 3. The number of piperidine rings is 1. The minimum Gasteiger partial charge on any atom is -0.450 e. The van der Waals surface area contributed by atoms with E-state index in [9.17, 15) is 14.4 Å². The van der Waals surface area contributed by atoms with Crippen molar-refractivity contribution in [2.45, 2.75) is 45.4 Å². The quantitative estimate of drug-likeness (QED) is 0.560. The van der Waals surface area contributed by atoms with Gasteiger partial charge in [0.2, 0.25) is 5.91 Å². The molecule has 0 spiro atoms. The molecule has 2 fully saturated rings. The highest BCUT2D eigenvalue weighted by atomic mass is 19.1. The number of ether oxygens (including phenoxy) is 2. The summed E-state index contributed by atoms with van der Waals surface area (Å²) >= 11 is 0. The fourth-order valence-corrected chi connectivity index (χ4v) is 4.55. The van der Waals surface area contributed by atoms with Crippen LogP contribution >= 0.6 is 0 Å². The fraction of sp³-hybridized carbons (Fsp3) is 0.444. The number of halogens is 1. The summed E-state index contributed by atoms with van der Waals surface area (Å²) in [6, 6.07) is 12.7. The van der Waals surface area contributed by atoms with E-state index in [1.165, 1.54) is 17.9 Å². The Bertz CT molecular complexity index is 1120. The molecule has 0 aliphatic carbocycles. The first-order valence-corrected chi connectivity index (χ1v) is 12.6. The maximum Gasteiger partial charge on any atom is 0.414 e. The van der Waals surface area contributed by atoms with E-state index < -0.39 is 18.0 Å². The average Bonchev–Trinajstić information content (AvgIpc) is 3.27. The van der Waals surface area contributed by atoms with Gasteiger partial charge in [-0.05, 0) is 49.1 Å². The molecule has 0 aromatic heterocycles. The lowest BCUT2D eigenvalue weighted by Crippen LogP contribution is -2.44. The molecule has 1 atom stereocenters. The van der Waals surface area contributed by atoms with E-state index >= 15 is 4.39 Å². The number of amides is 3. The number of nitrogens with zero attached hydrogens (tertiary/aromatic N) is 2. The van der Waals surface area contributed by atoms with Gasteiger partial charge in [-0.3, -0.25) is 9.69 Å². The molecule has 4 rings (SSSR count). The summed E-state index contributed by atoms with van der Waals surface area (Å²) in [7, 11) is 0. The van der Waals surface area contributed by atoms with E-state index in [0.29, 0.717) is 43.5 Å². The van der Waals surface area contributed by atoms with E-state index in [1.807, 2.05) is 24.3 Å². The molecule has 0 unspecified atom stereocenters. The molecule has 198 valence electrons. The summed E-state index contributed by atoms with van der Waals surface area (Å²) in [5, 5.41) is 6.16. The van der Waals surface area contributed by atoms with Gasteiger partial charge in [0.05, 0.1) is 25.4 Å². The summed E-state index contributed by atoms with van der Waals surface area (Å²) in [5.74, 6) is -0.641. The highest BCUT2D eigenvalue weighted by molar-refractivity contribution is 5.90. The zero-order valence-electron chi connectivity index (χ0n) is 21.2. The van der Waals surface area contributed by atoms with Gasteiger partial charge in [0, 0.05) is 38.2 Å². The molecule has 2 saturated heterocycles. The standard InChI is InChI=1S/C27H33FN4O5/c1-3-36-26(34)31-12-10-21(11-13-31)30-15-19-4-6-20(7-5-19)24-9-8-22(14-25(24)28)32-17-23(37-27(32)35)16-29-18(2)33/h4-9,14,21,23,30H,3,10-13,15-17H2,1-2H3,(H,29,33)/t23-/m0/s1. The Hall–Kier alpha value is -3.66. The number of rotatable bonds is 8. The number of nitrogens with one attached hydrogen (secondary N) is 2. The third-order valence-electron chi connectivity index (χ3n) is 6.60. The maximum absolute atomic E-state index is 15.0. The lowest BCUT2D eigenvalue weighted by atomic mass is 10.0. The van der Waals surface area contributed by atoms with Crippen molar-refractivity contribution in [1.82, 2.24) is 15.5 Å². The van der Waals surface area contributed by atoms with Crippen LogP contribution in [0.3, 0.4) is 0 Å². The predicted octanol–water partition coefficient (Wildman–Crippen LogP) is 3.66. The van der Waals surface area contributed by atoms with Crippen LogP contribution in [-0.2, 0) is 20.8 Å². The van der Waals surface area contributed by atoms with Gasteiger partial charge in [0.1, 0.15) is 11.9 Å². The predicted molar refractivity (Wildman–Crippen MR) is 137 cm³/mol. The summed E-state index contributed by atoms with van der Waals surface area (Å²) in [5.41, 5.74) is 2.67. The largest absolute Gasteiger partial charge is 0.450 e. The minimum atomic E-state index is -0.564. The molecule has 2 aromatic carbocycles. The highest BCUT2D eigenvalue weighted by Crippen LogP contribution is 2.29. The van der Waals surface area contributed by atoms with Gasteiger partial charge in [0.25, 0.3) is 0 Å². The maximum atomic E-state index is 15.0. The molecule has 2 heterocycles. The van der Waals surface area contributed by atoms with Gasteiger partial charge >= 0.3 is 12.2 Å². The van der Waals surface area contributed by atoms with E-state index in [4.69, 9.17) is 9.47 Å². The number of anilines is 1. The zero-order valence-corrected chi connectivity index (χ0v) is 21.2. The summed E-state index contributed by atoms with van der Waals surface area (Å²) in [6.07, 6.45) is 0.444. The van der Waals surface area contributed by atoms with Crippen molar-refractivity contribution in [3.8, 4) is 11.1 Å². The molecule has 0 bridgehead atoms. The third kappa shape index (κ3) is 6.76. The second-order valence-electron chi connectivity index (χ2n) is 9.26. The van der Waals surface area contributed by atoms with Gasteiger partial charge in [-0.1, -0.05) is 24.3 Å². The Morgan fingerprint density at radius 2 is 1.86 bits per heavy atom. The lowest BCUT2D eigenvalue weighted by molar-refractivity contribution is -0.119. The van der Waals surface area contributed by atoms with Crippen molar-refractivity contribution in [2.75, 3.05) is 37.7 Å². The van der Waals surface area contributed by atoms with Gasteiger partial charge in [-0.15, -0.1) is 0 Å². The molecule has 37 heavy (non-hydrogen) atoms. The first-order valence-electron chi connectivity index (χ1n) is 12.6. The van der Waals surface area contributed by atoms with Crippen LogP contribution in [0.2, 0.25) is 0 Å². The normalized spacial score (nSPS) is 18.0. The van der Waals surface area contributed by atoms with E-state index in [1.54, 1.807) is 24.0 Å². The van der Waals surface area contributed by atoms with E-state index in [2.05, 4.69) is 10.6 Å². The van der Waals surface area contributed by atoms with Gasteiger partial charge < -0.3 is 25.0 Å². The molecule has 0 saturated carbocycles. The number of benzene rings is 2. The van der Waals surface area contributed by atoms with Gasteiger partial charge in [0.15, 0.2) is 0 Å². The number of hydrogen-bond donors (Lipinski definition) is 2. The molecular formula is C27H33FN4O5. The lowest BCUT2D eigenvalue weighted by Gasteiger charge is -2.31. The summed E-state index contributed by atoms with van der Waals surface area (Å²) in [6.45, 7) is 6.07. The van der Waals surface area contributed by atoms with Crippen molar-refractivity contribution < 1.29 is 28.2 Å². The van der Waals surface area contributed by atoms with Gasteiger partial charge in [-0.2, -0.15) is 0 Å².